The summed E-state index contributed by atoms with van der Waals surface area (Å²) in [5, 5.41) is 9.50. The van der Waals surface area contributed by atoms with Crippen molar-refractivity contribution in [2.24, 2.45) is 0 Å². The van der Waals surface area contributed by atoms with Gasteiger partial charge in [0.2, 0.25) is 0 Å². The number of esters is 1. The number of ether oxygens (including phenoxy) is 2. The first-order valence-corrected chi connectivity index (χ1v) is 10.1. The molecule has 0 unspecified atom stereocenters. The molecule has 2 aromatic rings. The molecule has 0 radical (unpaired) electrons. The number of hydrogen-bond donors (Lipinski definition) is 1. The second-order valence-corrected chi connectivity index (χ2v) is 7.41. The fourth-order valence-corrected chi connectivity index (χ4v) is 4.45. The first kappa shape index (κ1) is 19.9. The number of benzene rings is 2. The van der Waals surface area contributed by atoms with Crippen LogP contribution in [-0.4, -0.2) is 53.3 Å². The Morgan fingerprint density at radius 1 is 0.933 bits per heavy atom. The number of likely N-dealkylation sites (tertiary alicyclic amines) is 1. The van der Waals surface area contributed by atoms with Crippen LogP contribution in [0.2, 0.25) is 0 Å². The number of amides is 1. The summed E-state index contributed by atoms with van der Waals surface area (Å²) in [5.74, 6) is -1.90. The number of nitrogens with zero attached hydrogens (tertiary/aromatic N) is 1. The fourth-order valence-electron chi connectivity index (χ4n) is 4.45. The van der Waals surface area contributed by atoms with Crippen LogP contribution in [0.15, 0.2) is 48.5 Å². The van der Waals surface area contributed by atoms with E-state index in [1.54, 1.807) is 6.92 Å². The quantitative estimate of drug-likeness (QED) is 0.761. The summed E-state index contributed by atoms with van der Waals surface area (Å²) < 4.78 is 10.6. The lowest BCUT2D eigenvalue weighted by molar-refractivity contribution is -0.150. The Balaban J connectivity index is 1.55. The number of rotatable bonds is 5. The van der Waals surface area contributed by atoms with E-state index >= 15 is 0 Å². The Morgan fingerprint density at radius 3 is 2.07 bits per heavy atom. The van der Waals surface area contributed by atoms with Gasteiger partial charge >= 0.3 is 18.0 Å². The highest BCUT2D eigenvalue weighted by Gasteiger charge is 2.46. The molecule has 156 valence electrons. The summed E-state index contributed by atoms with van der Waals surface area (Å²) in [6.45, 7) is 1.88. The smallest absolute Gasteiger partial charge is 0.411 e. The number of carbonyl (C=O) groups is 3. The predicted molar refractivity (Wildman–Crippen MR) is 108 cm³/mol. The molecule has 30 heavy (non-hydrogen) atoms. The number of fused-ring (bicyclic) bond motifs is 3. The summed E-state index contributed by atoms with van der Waals surface area (Å²) in [4.78, 5) is 37.8. The maximum Gasteiger partial charge on any atom is 0.411 e. The molecule has 0 saturated carbocycles. The summed E-state index contributed by atoms with van der Waals surface area (Å²) >= 11 is 0. The van der Waals surface area contributed by atoms with Gasteiger partial charge in [0.1, 0.15) is 18.7 Å². The second kappa shape index (κ2) is 8.18. The van der Waals surface area contributed by atoms with E-state index in [9.17, 15) is 19.5 Å². The van der Waals surface area contributed by atoms with E-state index in [4.69, 9.17) is 9.47 Å². The first-order valence-electron chi connectivity index (χ1n) is 10.1. The molecular formula is C23H23NO6. The van der Waals surface area contributed by atoms with Gasteiger partial charge in [0, 0.05) is 5.92 Å². The van der Waals surface area contributed by atoms with Crippen molar-refractivity contribution in [1.29, 1.82) is 0 Å². The van der Waals surface area contributed by atoms with Crippen LogP contribution in [0.25, 0.3) is 11.1 Å². The average molecular weight is 409 g/mol. The summed E-state index contributed by atoms with van der Waals surface area (Å²) in [6.07, 6.45) is -0.386. The van der Waals surface area contributed by atoms with Crippen molar-refractivity contribution < 1.29 is 29.0 Å². The van der Waals surface area contributed by atoms with Gasteiger partial charge in [-0.25, -0.2) is 14.4 Å². The van der Waals surface area contributed by atoms with E-state index in [-0.39, 0.29) is 32.0 Å². The zero-order chi connectivity index (χ0) is 21.3. The van der Waals surface area contributed by atoms with E-state index in [0.717, 1.165) is 27.2 Å². The minimum absolute atomic E-state index is 0.0608. The summed E-state index contributed by atoms with van der Waals surface area (Å²) in [7, 11) is 0. The van der Waals surface area contributed by atoms with Gasteiger partial charge in [0.15, 0.2) is 0 Å². The number of carboxylic acids is 1. The third kappa shape index (κ3) is 3.40. The third-order valence-corrected chi connectivity index (χ3v) is 5.78. The van der Waals surface area contributed by atoms with Crippen molar-refractivity contribution in [3.63, 3.8) is 0 Å². The van der Waals surface area contributed by atoms with Crippen LogP contribution < -0.4 is 0 Å². The maximum atomic E-state index is 12.9. The van der Waals surface area contributed by atoms with Gasteiger partial charge in [-0.1, -0.05) is 48.5 Å². The van der Waals surface area contributed by atoms with Crippen LogP contribution >= 0.6 is 0 Å². The molecule has 4 rings (SSSR count). The Hall–Kier alpha value is -3.35. The van der Waals surface area contributed by atoms with E-state index in [2.05, 4.69) is 0 Å². The second-order valence-electron chi connectivity index (χ2n) is 7.41. The van der Waals surface area contributed by atoms with Crippen LogP contribution in [-0.2, 0) is 19.1 Å². The number of aliphatic carboxylic acids is 1. The molecule has 0 spiro atoms. The third-order valence-electron chi connectivity index (χ3n) is 5.78. The van der Waals surface area contributed by atoms with Gasteiger partial charge in [-0.15, -0.1) is 0 Å². The molecule has 7 heteroatoms. The van der Waals surface area contributed by atoms with Gasteiger partial charge in [0.25, 0.3) is 0 Å². The minimum atomic E-state index is -1.16. The van der Waals surface area contributed by atoms with Crippen LogP contribution in [0.4, 0.5) is 4.79 Å². The van der Waals surface area contributed by atoms with Crippen molar-refractivity contribution in [3.05, 3.63) is 59.7 Å². The molecule has 7 nitrogen and oxygen atoms in total. The van der Waals surface area contributed by atoms with E-state index in [1.807, 2.05) is 48.5 Å². The van der Waals surface area contributed by atoms with E-state index < -0.39 is 30.1 Å². The first-order chi connectivity index (χ1) is 14.5. The van der Waals surface area contributed by atoms with Gasteiger partial charge in [0.05, 0.1) is 6.61 Å². The molecule has 0 aromatic heterocycles. The zero-order valence-electron chi connectivity index (χ0n) is 16.6. The van der Waals surface area contributed by atoms with Crippen molar-refractivity contribution in [2.75, 3.05) is 13.2 Å². The average Bonchev–Trinajstić information content (AvgIpc) is 3.33. The van der Waals surface area contributed by atoms with Crippen LogP contribution in [0.3, 0.4) is 0 Å². The topological polar surface area (TPSA) is 93.1 Å². The van der Waals surface area contributed by atoms with Gasteiger partial charge < -0.3 is 14.6 Å². The van der Waals surface area contributed by atoms with Crippen LogP contribution in [0.5, 0.6) is 0 Å². The lowest BCUT2D eigenvalue weighted by Crippen LogP contribution is -2.48. The Morgan fingerprint density at radius 2 is 1.50 bits per heavy atom. The molecule has 1 fully saturated rings. The summed E-state index contributed by atoms with van der Waals surface area (Å²) in [6, 6.07) is 13.9. The monoisotopic (exact) mass is 409 g/mol. The van der Waals surface area contributed by atoms with Gasteiger partial charge in [-0.3, -0.25) is 4.90 Å². The molecule has 2 aromatic carbocycles. The molecule has 1 heterocycles. The van der Waals surface area contributed by atoms with Crippen LogP contribution in [0.1, 0.15) is 36.8 Å². The molecule has 1 N–H and O–H groups in total. The van der Waals surface area contributed by atoms with E-state index in [0.29, 0.717) is 0 Å². The molecule has 1 saturated heterocycles. The molecule has 1 amide bonds. The lowest BCUT2D eigenvalue weighted by Gasteiger charge is -2.27. The highest BCUT2D eigenvalue weighted by Crippen LogP contribution is 2.44. The Kier molecular flexibility index (Phi) is 5.44. The van der Waals surface area contributed by atoms with Crippen molar-refractivity contribution in [1.82, 2.24) is 4.90 Å². The molecule has 1 aliphatic heterocycles. The normalized spacial score (nSPS) is 19.8. The van der Waals surface area contributed by atoms with E-state index in [1.165, 1.54) is 0 Å². The highest BCUT2D eigenvalue weighted by molar-refractivity contribution is 5.87. The summed E-state index contributed by atoms with van der Waals surface area (Å²) in [5.41, 5.74) is 4.32. The molecular weight excluding hydrogens is 386 g/mol. The largest absolute Gasteiger partial charge is 0.480 e. The lowest BCUT2D eigenvalue weighted by atomic mass is 9.98. The zero-order valence-corrected chi connectivity index (χ0v) is 16.6. The number of carboxylic acid groups (broad SMARTS) is 1. The minimum Gasteiger partial charge on any atom is -0.480 e. The predicted octanol–water partition coefficient (Wildman–Crippen LogP) is 3.42. The van der Waals surface area contributed by atoms with Crippen molar-refractivity contribution >= 4 is 18.0 Å². The number of hydrogen-bond acceptors (Lipinski definition) is 5. The number of carbonyl (C=O) groups excluding carboxylic acids is 2. The van der Waals surface area contributed by atoms with Gasteiger partial charge in [-0.2, -0.15) is 0 Å². The highest BCUT2D eigenvalue weighted by atomic mass is 16.6. The SMILES string of the molecule is CCOC(=O)[C@H]1CC[C@@H](C(=O)O)N1C(=O)OCC1c2ccccc2-c2ccccc21. The van der Waals surface area contributed by atoms with Crippen molar-refractivity contribution in [2.45, 2.75) is 37.8 Å². The molecule has 0 bridgehead atoms. The molecule has 1 aliphatic carbocycles. The molecule has 2 atom stereocenters. The standard InChI is InChI=1S/C23H23NO6/c1-2-29-22(27)20-12-11-19(21(25)26)24(20)23(28)30-13-18-16-9-5-3-7-14(16)15-8-4-6-10-17(15)18/h3-10,18-20H,2,11-13H2,1H3,(H,25,26)/t19-,20+/m0/s1. The molecule has 2 aliphatic rings. The fraction of sp³-hybridized carbons (Fsp3) is 0.348. The Labute approximate surface area is 174 Å². The van der Waals surface area contributed by atoms with Crippen molar-refractivity contribution in [3.8, 4) is 11.1 Å². The van der Waals surface area contributed by atoms with Gasteiger partial charge in [-0.05, 0) is 42.0 Å². The van der Waals surface area contributed by atoms with Crippen LogP contribution in [0, 0.1) is 0 Å². The Bertz CT molecular complexity index is 942. The maximum absolute atomic E-state index is 12.9.